The van der Waals surface area contributed by atoms with E-state index in [1.165, 1.54) is 0 Å². The molecular weight excluding hydrogens is 228 g/mol. The summed E-state index contributed by atoms with van der Waals surface area (Å²) in [5.41, 5.74) is 0.0156. The fraction of sp³-hybridized carbons (Fsp3) is 0.846. The predicted molar refractivity (Wildman–Crippen MR) is 72.7 cm³/mol. The molecule has 0 radical (unpaired) electrons. The lowest BCUT2D eigenvalue weighted by molar-refractivity contribution is 0.109. The molecule has 0 fully saturated rings. The third-order valence-corrected chi connectivity index (χ3v) is 3.81. The van der Waals surface area contributed by atoms with Gasteiger partial charge in [0.1, 0.15) is 0 Å². The third kappa shape index (κ3) is 2.31. The van der Waals surface area contributed by atoms with Gasteiger partial charge < -0.3 is 5.32 Å². The van der Waals surface area contributed by atoms with Crippen molar-refractivity contribution in [2.75, 3.05) is 5.32 Å². The molecule has 2 atom stereocenters. The number of aromatic amines is 1. The van der Waals surface area contributed by atoms with Crippen molar-refractivity contribution in [2.24, 2.45) is 16.7 Å². The van der Waals surface area contributed by atoms with Gasteiger partial charge in [-0.25, -0.2) is 9.89 Å². The Morgan fingerprint density at radius 3 is 2.28 bits per heavy atom. The highest BCUT2D eigenvalue weighted by atomic mass is 16.1. The summed E-state index contributed by atoms with van der Waals surface area (Å²) >= 11 is 0. The Morgan fingerprint density at radius 2 is 1.78 bits per heavy atom. The van der Waals surface area contributed by atoms with E-state index in [9.17, 15) is 4.79 Å². The number of H-pyrrole nitrogens is 1. The van der Waals surface area contributed by atoms with E-state index in [1.54, 1.807) is 0 Å². The van der Waals surface area contributed by atoms with Crippen molar-refractivity contribution >= 4 is 5.95 Å². The largest absolute Gasteiger partial charge is 0.363 e. The molecule has 0 spiro atoms. The average Bonchev–Trinajstić information content (AvgIpc) is 2.52. The molecule has 0 saturated heterocycles. The highest BCUT2D eigenvalue weighted by Gasteiger charge is 2.42. The van der Waals surface area contributed by atoms with Crippen molar-refractivity contribution in [1.82, 2.24) is 14.8 Å². The lowest BCUT2D eigenvalue weighted by atomic mass is 9.67. The van der Waals surface area contributed by atoms with E-state index in [0.717, 1.165) is 6.54 Å². The predicted octanol–water partition coefficient (Wildman–Crippen LogP) is 2.07. The molecule has 1 aliphatic rings. The van der Waals surface area contributed by atoms with Gasteiger partial charge in [0.25, 0.3) is 0 Å². The highest BCUT2D eigenvalue weighted by Crippen LogP contribution is 2.41. The molecule has 102 valence electrons. The van der Waals surface area contributed by atoms with E-state index in [1.807, 2.05) is 4.68 Å². The number of hydrogen-bond acceptors (Lipinski definition) is 3. The Labute approximate surface area is 108 Å². The Kier molecular flexibility index (Phi) is 2.83. The molecule has 0 aliphatic carbocycles. The van der Waals surface area contributed by atoms with Crippen molar-refractivity contribution in [1.29, 1.82) is 0 Å². The molecule has 2 N–H and O–H groups in total. The van der Waals surface area contributed by atoms with Crippen molar-refractivity contribution in [3.05, 3.63) is 10.5 Å². The number of nitrogens with zero attached hydrogens (tertiary/aromatic N) is 2. The third-order valence-electron chi connectivity index (χ3n) is 3.81. The summed E-state index contributed by atoms with van der Waals surface area (Å²) in [7, 11) is 0. The Morgan fingerprint density at radius 1 is 1.17 bits per heavy atom. The van der Waals surface area contributed by atoms with Crippen LogP contribution in [-0.4, -0.2) is 20.8 Å². The first kappa shape index (κ1) is 13.2. The maximum absolute atomic E-state index is 11.3. The summed E-state index contributed by atoms with van der Waals surface area (Å²) in [5, 5.41) is 6.19. The quantitative estimate of drug-likeness (QED) is 0.743. The minimum absolute atomic E-state index is 0.123. The van der Waals surface area contributed by atoms with Gasteiger partial charge in [-0.1, -0.05) is 41.5 Å². The van der Waals surface area contributed by atoms with Gasteiger partial charge in [0.05, 0.1) is 0 Å². The van der Waals surface area contributed by atoms with Crippen LogP contribution < -0.4 is 11.0 Å². The Bertz CT molecular complexity index is 444. The van der Waals surface area contributed by atoms with Crippen LogP contribution in [0.3, 0.4) is 0 Å². The fourth-order valence-corrected chi connectivity index (χ4v) is 2.73. The molecule has 2 rings (SSSR count). The molecular formula is C13H24N4O. The van der Waals surface area contributed by atoms with Gasteiger partial charge in [-0.3, -0.25) is 4.68 Å². The second kappa shape index (κ2) is 3.87. The maximum atomic E-state index is 11.3. The number of fused-ring (bicyclic) bond motifs is 1. The first-order chi connectivity index (χ1) is 8.09. The van der Waals surface area contributed by atoms with E-state index in [0.29, 0.717) is 17.9 Å². The maximum Gasteiger partial charge on any atom is 0.363 e. The summed E-state index contributed by atoms with van der Waals surface area (Å²) < 4.78 is 1.83. The zero-order valence-corrected chi connectivity index (χ0v) is 12.2. The smallest absolute Gasteiger partial charge is 0.351 e. The summed E-state index contributed by atoms with van der Waals surface area (Å²) in [5.74, 6) is 1.11. The van der Waals surface area contributed by atoms with Crippen LogP contribution >= 0.6 is 0 Å². The van der Waals surface area contributed by atoms with E-state index in [4.69, 9.17) is 0 Å². The standard InChI is InChI=1S/C13H24N4O/c1-12(2,3)8-7-17-10(15-11(18)16-17)14-9(8)13(4,5)6/h8-9H,7H2,1-6H3,(H2,14,15,16,18). The molecule has 0 aromatic carbocycles. The van der Waals surface area contributed by atoms with Crippen LogP contribution in [0.15, 0.2) is 4.79 Å². The van der Waals surface area contributed by atoms with Crippen molar-refractivity contribution in [2.45, 2.75) is 54.1 Å². The topological polar surface area (TPSA) is 62.7 Å². The van der Waals surface area contributed by atoms with Gasteiger partial charge in [0.15, 0.2) is 0 Å². The molecule has 2 heterocycles. The van der Waals surface area contributed by atoms with E-state index >= 15 is 0 Å². The Hall–Kier alpha value is -1.26. The molecule has 2 unspecified atom stereocenters. The SMILES string of the molecule is CC(C)(C)C1Cn2[nH]c(=O)nc2NC1C(C)(C)C. The fourth-order valence-electron chi connectivity index (χ4n) is 2.73. The highest BCUT2D eigenvalue weighted by molar-refractivity contribution is 5.30. The van der Waals surface area contributed by atoms with Crippen molar-refractivity contribution < 1.29 is 0 Å². The van der Waals surface area contributed by atoms with E-state index in [-0.39, 0.29) is 16.5 Å². The van der Waals surface area contributed by atoms with E-state index in [2.05, 4.69) is 56.9 Å². The van der Waals surface area contributed by atoms with Crippen molar-refractivity contribution in [3.8, 4) is 0 Å². The van der Waals surface area contributed by atoms with Gasteiger partial charge in [-0.15, -0.1) is 0 Å². The summed E-state index contributed by atoms with van der Waals surface area (Å²) in [6, 6.07) is 0.306. The van der Waals surface area contributed by atoms with Gasteiger partial charge in [-0.2, -0.15) is 4.98 Å². The van der Waals surface area contributed by atoms with E-state index < -0.39 is 0 Å². The zero-order chi connectivity index (χ0) is 13.7. The summed E-state index contributed by atoms with van der Waals surface area (Å²) in [4.78, 5) is 15.3. The Balaban J connectivity index is 2.43. The minimum atomic E-state index is -0.278. The first-order valence-corrected chi connectivity index (χ1v) is 6.52. The van der Waals surface area contributed by atoms with Gasteiger partial charge in [0.2, 0.25) is 5.95 Å². The molecule has 5 heteroatoms. The number of anilines is 1. The van der Waals surface area contributed by atoms with Gasteiger partial charge >= 0.3 is 5.69 Å². The summed E-state index contributed by atoms with van der Waals surface area (Å²) in [6.45, 7) is 14.2. The molecule has 5 nitrogen and oxygen atoms in total. The zero-order valence-electron chi connectivity index (χ0n) is 12.2. The number of hydrogen-bond donors (Lipinski definition) is 2. The van der Waals surface area contributed by atoms with Crippen LogP contribution in [0.4, 0.5) is 5.95 Å². The molecule has 1 aromatic rings. The molecule has 0 amide bonds. The number of rotatable bonds is 0. The van der Waals surface area contributed by atoms with Crippen LogP contribution in [0.25, 0.3) is 0 Å². The second-order valence-electron chi connectivity index (χ2n) is 7.42. The lowest BCUT2D eigenvalue weighted by Crippen LogP contribution is -2.51. The number of aromatic nitrogens is 3. The van der Waals surface area contributed by atoms with Crippen LogP contribution in [0, 0.1) is 16.7 Å². The lowest BCUT2D eigenvalue weighted by Gasteiger charge is -2.46. The number of nitrogens with one attached hydrogen (secondary N) is 2. The molecule has 1 aliphatic heterocycles. The molecule has 1 aromatic heterocycles. The van der Waals surface area contributed by atoms with Gasteiger partial charge in [0, 0.05) is 18.5 Å². The van der Waals surface area contributed by atoms with Crippen LogP contribution in [0.1, 0.15) is 41.5 Å². The molecule has 18 heavy (non-hydrogen) atoms. The van der Waals surface area contributed by atoms with Crippen LogP contribution in [0.5, 0.6) is 0 Å². The normalized spacial score (nSPS) is 24.6. The van der Waals surface area contributed by atoms with Gasteiger partial charge in [-0.05, 0) is 10.8 Å². The van der Waals surface area contributed by atoms with Crippen LogP contribution in [-0.2, 0) is 6.54 Å². The second-order valence-corrected chi connectivity index (χ2v) is 7.42. The summed E-state index contributed by atoms with van der Waals surface area (Å²) in [6.07, 6.45) is 0. The molecule has 0 bridgehead atoms. The molecule has 0 saturated carbocycles. The van der Waals surface area contributed by atoms with Crippen molar-refractivity contribution in [3.63, 3.8) is 0 Å². The minimum Gasteiger partial charge on any atom is -0.351 e. The average molecular weight is 252 g/mol. The van der Waals surface area contributed by atoms with Crippen LogP contribution in [0.2, 0.25) is 0 Å². The monoisotopic (exact) mass is 252 g/mol. The first-order valence-electron chi connectivity index (χ1n) is 6.52.